The van der Waals surface area contributed by atoms with Gasteiger partial charge in [-0.2, -0.15) is 0 Å². The lowest BCUT2D eigenvalue weighted by Crippen LogP contribution is -2.51. The van der Waals surface area contributed by atoms with Crippen molar-refractivity contribution >= 4 is 21.3 Å². The zero-order valence-electron chi connectivity index (χ0n) is 17.9. The Kier molecular flexibility index (Phi) is 8.60. The highest BCUT2D eigenvalue weighted by Crippen LogP contribution is 2.26. The molecule has 1 amide bonds. The highest BCUT2D eigenvalue weighted by atomic mass is 32.2. The molecule has 0 saturated heterocycles. The van der Waals surface area contributed by atoms with Crippen molar-refractivity contribution in [1.29, 1.82) is 0 Å². The van der Waals surface area contributed by atoms with Crippen molar-refractivity contribution in [2.75, 3.05) is 19.4 Å². The lowest BCUT2D eigenvalue weighted by Gasteiger charge is -2.32. The monoisotopic (exact) mass is 464 g/mol. The van der Waals surface area contributed by atoms with Crippen LogP contribution in [0.25, 0.3) is 5.57 Å². The molecule has 0 fully saturated rings. The maximum Gasteiger partial charge on any atom is 0.264 e. The first-order valence-electron chi connectivity index (χ1n) is 9.88. The topological polar surface area (TPSA) is 147 Å². The molecule has 1 aromatic carbocycles. The number of amides is 1. The number of sulfone groups is 1. The molecule has 2 rings (SSSR count). The van der Waals surface area contributed by atoms with Gasteiger partial charge >= 0.3 is 0 Å². The van der Waals surface area contributed by atoms with Crippen LogP contribution < -0.4 is 5.48 Å². The van der Waals surface area contributed by atoms with E-state index in [0.717, 1.165) is 23.0 Å². The van der Waals surface area contributed by atoms with Crippen LogP contribution >= 0.6 is 0 Å². The van der Waals surface area contributed by atoms with Crippen LogP contribution in [-0.4, -0.2) is 76.2 Å². The lowest BCUT2D eigenvalue weighted by atomic mass is 10.0. The third kappa shape index (κ3) is 6.18. The summed E-state index contributed by atoms with van der Waals surface area (Å²) in [5.74, 6) is 4.66. The fourth-order valence-electron chi connectivity index (χ4n) is 2.98. The first-order chi connectivity index (χ1) is 15.0. The minimum atomic E-state index is -3.82. The number of hydrogen-bond donors (Lipinski definition) is 5. The molecule has 174 valence electrons. The number of hydrogen-bond acceptors (Lipinski definition) is 8. The molecule has 0 aromatic heterocycles. The number of benzene rings is 1. The minimum Gasteiger partial charge on any atom is -0.394 e. The number of aliphatic hydroxyl groups excluding tert-OH is 3. The molecular weight excluding hydrogens is 436 g/mol. The molecule has 1 heterocycles. The maximum atomic E-state index is 12.1. The van der Waals surface area contributed by atoms with Crippen molar-refractivity contribution in [3.05, 3.63) is 53.7 Å². The van der Waals surface area contributed by atoms with Gasteiger partial charge in [-0.15, -0.1) is 0 Å². The predicted octanol–water partition coefficient (Wildman–Crippen LogP) is 0.0113. The number of carbonyl (C=O) groups is 1. The number of carbonyl (C=O) groups excluding carboxylic acids is 1. The van der Waals surface area contributed by atoms with E-state index in [4.69, 9.17) is 10.3 Å². The number of rotatable bonds is 8. The second-order valence-electron chi connectivity index (χ2n) is 7.70. The van der Waals surface area contributed by atoms with Gasteiger partial charge in [0.25, 0.3) is 5.91 Å². The lowest BCUT2D eigenvalue weighted by molar-refractivity contribution is -0.131. The Morgan fingerprint density at radius 3 is 2.50 bits per heavy atom. The van der Waals surface area contributed by atoms with E-state index in [9.17, 15) is 23.4 Å². The summed E-state index contributed by atoms with van der Waals surface area (Å²) in [5, 5.41) is 37.5. The highest BCUT2D eigenvalue weighted by Gasteiger charge is 2.43. The SMILES string of the molecule is CC(CCN1C=CC(c2ccc(C#CCC(O)CO)cc2)=CC1O)(C(=O)NO)S(C)(=O)=O. The van der Waals surface area contributed by atoms with Gasteiger partial charge in [0, 0.05) is 31.0 Å². The van der Waals surface area contributed by atoms with Gasteiger partial charge in [-0.3, -0.25) is 10.0 Å². The van der Waals surface area contributed by atoms with Crippen LogP contribution in [0.4, 0.5) is 0 Å². The summed E-state index contributed by atoms with van der Waals surface area (Å²) >= 11 is 0. The predicted molar refractivity (Wildman–Crippen MR) is 119 cm³/mol. The summed E-state index contributed by atoms with van der Waals surface area (Å²) in [7, 11) is -3.82. The van der Waals surface area contributed by atoms with Crippen molar-refractivity contribution in [3.63, 3.8) is 0 Å². The number of aliphatic hydroxyl groups is 3. The molecule has 0 bridgehead atoms. The molecule has 3 unspecified atom stereocenters. The largest absolute Gasteiger partial charge is 0.394 e. The van der Waals surface area contributed by atoms with Gasteiger partial charge in [-0.25, -0.2) is 13.9 Å². The highest BCUT2D eigenvalue weighted by molar-refractivity contribution is 7.92. The molecule has 5 N–H and O–H groups in total. The van der Waals surface area contributed by atoms with Crippen molar-refractivity contribution in [2.24, 2.45) is 0 Å². The summed E-state index contributed by atoms with van der Waals surface area (Å²) in [4.78, 5) is 13.4. The average molecular weight is 465 g/mol. The molecule has 0 spiro atoms. The Labute approximate surface area is 187 Å². The zero-order chi connectivity index (χ0) is 23.9. The van der Waals surface area contributed by atoms with Crippen LogP contribution in [0.2, 0.25) is 0 Å². The fourth-order valence-corrected chi connectivity index (χ4v) is 3.83. The van der Waals surface area contributed by atoms with E-state index in [2.05, 4.69) is 11.8 Å². The van der Waals surface area contributed by atoms with Crippen LogP contribution in [-0.2, 0) is 14.6 Å². The van der Waals surface area contributed by atoms with E-state index < -0.39 is 32.8 Å². The van der Waals surface area contributed by atoms with Crippen LogP contribution in [0.1, 0.15) is 30.9 Å². The van der Waals surface area contributed by atoms with Gasteiger partial charge in [-0.1, -0.05) is 24.0 Å². The molecule has 32 heavy (non-hydrogen) atoms. The maximum absolute atomic E-state index is 12.1. The van der Waals surface area contributed by atoms with Gasteiger partial charge in [0.1, 0.15) is 6.23 Å². The summed E-state index contributed by atoms with van der Waals surface area (Å²) < 4.78 is 22.3. The standard InChI is InChI=1S/C22H28N2O7S/c1-22(21(28)23-29,32(2,30)31)11-13-24-12-10-18(14-20(24)27)17-8-6-16(7-9-17)4-3-5-19(26)15-25/h6-10,12,14,19-20,25-27,29H,5,11,13,15H2,1-2H3,(H,23,28). The molecule has 10 heteroatoms. The van der Waals surface area contributed by atoms with Gasteiger partial charge in [-0.05, 0) is 48.8 Å². The first kappa shape index (κ1) is 25.6. The van der Waals surface area contributed by atoms with Crippen molar-refractivity contribution in [3.8, 4) is 11.8 Å². The van der Waals surface area contributed by atoms with Gasteiger partial charge < -0.3 is 20.2 Å². The minimum absolute atomic E-state index is 0.0622. The fraction of sp³-hybridized carbons (Fsp3) is 0.409. The Morgan fingerprint density at radius 2 is 1.97 bits per heavy atom. The Morgan fingerprint density at radius 1 is 1.31 bits per heavy atom. The quantitative estimate of drug-likeness (QED) is 0.205. The van der Waals surface area contributed by atoms with E-state index in [0.29, 0.717) is 0 Å². The van der Waals surface area contributed by atoms with E-state index in [1.165, 1.54) is 17.3 Å². The molecule has 1 aliphatic rings. The Balaban J connectivity index is 2.06. The molecule has 9 nitrogen and oxygen atoms in total. The second-order valence-corrected chi connectivity index (χ2v) is 10.1. The third-order valence-electron chi connectivity index (χ3n) is 5.36. The smallest absolute Gasteiger partial charge is 0.264 e. The normalized spacial score (nSPS) is 18.8. The number of allylic oxidation sites excluding steroid dienone is 2. The average Bonchev–Trinajstić information content (AvgIpc) is 2.76. The van der Waals surface area contributed by atoms with E-state index in [-0.39, 0.29) is 26.0 Å². The van der Waals surface area contributed by atoms with Crippen LogP contribution in [0.3, 0.4) is 0 Å². The Bertz CT molecular complexity index is 1040. The van der Waals surface area contributed by atoms with Crippen molar-refractivity contribution < 1.29 is 33.7 Å². The summed E-state index contributed by atoms with van der Waals surface area (Å²) in [6.07, 6.45) is 4.03. The summed E-state index contributed by atoms with van der Waals surface area (Å²) in [6, 6.07) is 7.26. The third-order valence-corrected chi connectivity index (χ3v) is 7.39. The molecule has 0 radical (unpaired) electrons. The summed E-state index contributed by atoms with van der Waals surface area (Å²) in [5.41, 5.74) is 3.73. The number of nitrogens with zero attached hydrogens (tertiary/aromatic N) is 1. The van der Waals surface area contributed by atoms with Crippen molar-refractivity contribution in [2.45, 2.75) is 36.8 Å². The molecular formula is C22H28N2O7S. The Hall–Kier alpha value is -2.68. The number of hydroxylamine groups is 1. The van der Waals surface area contributed by atoms with E-state index in [1.54, 1.807) is 30.5 Å². The summed E-state index contributed by atoms with van der Waals surface area (Å²) in [6.45, 7) is 0.951. The van der Waals surface area contributed by atoms with Crippen LogP contribution in [0, 0.1) is 11.8 Å². The second kappa shape index (κ2) is 10.8. The van der Waals surface area contributed by atoms with Crippen molar-refractivity contribution in [1.82, 2.24) is 10.4 Å². The van der Waals surface area contributed by atoms with Gasteiger partial charge in [0.05, 0.1) is 12.7 Å². The van der Waals surface area contributed by atoms with Crippen LogP contribution in [0.5, 0.6) is 0 Å². The molecule has 1 aromatic rings. The van der Waals surface area contributed by atoms with E-state index in [1.807, 2.05) is 12.1 Å². The van der Waals surface area contributed by atoms with Gasteiger partial charge in [0.15, 0.2) is 14.6 Å². The molecule has 1 aliphatic heterocycles. The number of nitrogens with one attached hydrogen (secondary N) is 1. The first-order valence-corrected chi connectivity index (χ1v) is 11.8. The van der Waals surface area contributed by atoms with E-state index >= 15 is 0 Å². The molecule has 0 saturated carbocycles. The molecule has 0 aliphatic carbocycles. The van der Waals surface area contributed by atoms with Crippen LogP contribution in [0.15, 0.2) is 42.6 Å². The van der Waals surface area contributed by atoms with Gasteiger partial charge in [0.2, 0.25) is 0 Å². The zero-order valence-corrected chi connectivity index (χ0v) is 18.7. The molecule has 3 atom stereocenters.